The van der Waals surface area contributed by atoms with E-state index < -0.39 is 0 Å². The van der Waals surface area contributed by atoms with Gasteiger partial charge in [-0.05, 0) is 24.3 Å². The molecule has 1 aromatic carbocycles. The molecule has 0 unspecified atom stereocenters. The fourth-order valence-corrected chi connectivity index (χ4v) is 2.74. The molecule has 0 bridgehead atoms. The maximum atomic E-state index is 5.59. The fourth-order valence-electron chi connectivity index (χ4n) is 2.74. The molecule has 2 aromatic rings. The predicted octanol–water partition coefficient (Wildman–Crippen LogP) is 3.58. The molecule has 1 aliphatic carbocycles. The average molecular weight is 228 g/mol. The quantitative estimate of drug-likeness (QED) is 0.854. The lowest BCUT2D eigenvalue weighted by Crippen LogP contribution is -1.95. The van der Waals surface area contributed by atoms with Gasteiger partial charge < -0.3 is 10.3 Å². The molecule has 0 atom stereocenters. The van der Waals surface area contributed by atoms with Gasteiger partial charge in [-0.1, -0.05) is 42.3 Å². The highest BCUT2D eigenvalue weighted by Crippen LogP contribution is 2.38. The van der Waals surface area contributed by atoms with Gasteiger partial charge in [0, 0.05) is 11.6 Å². The molecule has 1 fully saturated rings. The van der Waals surface area contributed by atoms with Gasteiger partial charge >= 0.3 is 0 Å². The highest BCUT2D eigenvalue weighted by molar-refractivity contribution is 5.66. The van der Waals surface area contributed by atoms with E-state index in [1.165, 1.54) is 36.8 Å². The molecule has 17 heavy (non-hydrogen) atoms. The average Bonchev–Trinajstić information content (AvgIpc) is 3.00. The zero-order chi connectivity index (χ0) is 11.7. The first-order chi connectivity index (χ1) is 8.34. The molecule has 3 rings (SSSR count). The van der Waals surface area contributed by atoms with Crippen molar-refractivity contribution in [3.05, 3.63) is 35.9 Å². The Morgan fingerprint density at radius 1 is 1.18 bits per heavy atom. The van der Waals surface area contributed by atoms with E-state index >= 15 is 0 Å². The van der Waals surface area contributed by atoms with Gasteiger partial charge in [-0.15, -0.1) is 0 Å². The van der Waals surface area contributed by atoms with Gasteiger partial charge in [0.05, 0.1) is 0 Å². The van der Waals surface area contributed by atoms with Crippen molar-refractivity contribution in [2.24, 2.45) is 0 Å². The topological polar surface area (TPSA) is 52.0 Å². The molecule has 1 aliphatic rings. The van der Waals surface area contributed by atoms with Crippen LogP contribution in [0.25, 0.3) is 11.3 Å². The summed E-state index contributed by atoms with van der Waals surface area (Å²) in [6.07, 6.45) is 5.23. The van der Waals surface area contributed by atoms with Gasteiger partial charge in [-0.2, -0.15) is 0 Å². The zero-order valence-electron chi connectivity index (χ0n) is 9.73. The van der Waals surface area contributed by atoms with Gasteiger partial charge in [-0.3, -0.25) is 0 Å². The molecule has 3 heteroatoms. The molecule has 0 spiro atoms. The van der Waals surface area contributed by atoms with Crippen LogP contribution in [0, 0.1) is 0 Å². The Balaban J connectivity index is 2.03. The number of anilines is 1. The monoisotopic (exact) mass is 228 g/mol. The minimum absolute atomic E-state index is 0.376. The first-order valence-corrected chi connectivity index (χ1v) is 6.16. The number of benzene rings is 1. The van der Waals surface area contributed by atoms with Gasteiger partial charge in [-0.25, -0.2) is 0 Å². The summed E-state index contributed by atoms with van der Waals surface area (Å²) < 4.78 is 4.96. The van der Waals surface area contributed by atoms with Crippen molar-refractivity contribution in [3.63, 3.8) is 0 Å². The van der Waals surface area contributed by atoms with Crippen LogP contribution < -0.4 is 5.73 Å². The van der Waals surface area contributed by atoms with Crippen molar-refractivity contribution < 1.29 is 4.52 Å². The van der Waals surface area contributed by atoms with Crippen LogP contribution in [-0.2, 0) is 0 Å². The second kappa shape index (κ2) is 4.24. The van der Waals surface area contributed by atoms with Crippen molar-refractivity contribution >= 4 is 5.88 Å². The van der Waals surface area contributed by atoms with Crippen LogP contribution in [0.3, 0.4) is 0 Å². The highest BCUT2D eigenvalue weighted by Gasteiger charge is 2.21. The lowest BCUT2D eigenvalue weighted by Gasteiger charge is -2.13. The summed E-state index contributed by atoms with van der Waals surface area (Å²) in [4.78, 5) is 0. The number of rotatable bonds is 2. The lowest BCUT2D eigenvalue weighted by molar-refractivity contribution is 0.439. The molecule has 0 aliphatic heterocycles. The van der Waals surface area contributed by atoms with E-state index in [1.54, 1.807) is 6.07 Å². The van der Waals surface area contributed by atoms with E-state index in [2.05, 4.69) is 23.4 Å². The molecular weight excluding hydrogens is 212 g/mol. The standard InChI is InChI=1S/C14H16N2O/c15-14-9-13(16-17-14)12-8-4-3-7-11(12)10-5-1-2-6-10/h3-4,7-10H,1-2,5-6,15H2. The number of aromatic nitrogens is 1. The maximum absolute atomic E-state index is 5.59. The number of nitrogen functional groups attached to an aromatic ring is 1. The zero-order valence-corrected chi connectivity index (χ0v) is 9.73. The van der Waals surface area contributed by atoms with Crippen LogP contribution in [-0.4, -0.2) is 5.16 Å². The lowest BCUT2D eigenvalue weighted by atomic mass is 9.91. The third kappa shape index (κ3) is 1.93. The molecule has 1 aromatic heterocycles. The summed E-state index contributed by atoms with van der Waals surface area (Å²) >= 11 is 0. The Morgan fingerprint density at radius 3 is 2.65 bits per heavy atom. The van der Waals surface area contributed by atoms with E-state index in [0.717, 1.165) is 5.69 Å². The van der Waals surface area contributed by atoms with Gasteiger partial charge in [0.15, 0.2) is 0 Å². The Kier molecular flexibility index (Phi) is 2.59. The number of hydrogen-bond acceptors (Lipinski definition) is 3. The first kappa shape index (κ1) is 10.4. The Hall–Kier alpha value is -1.77. The summed E-state index contributed by atoms with van der Waals surface area (Å²) in [5.41, 5.74) is 9.00. The van der Waals surface area contributed by atoms with E-state index in [1.807, 2.05) is 6.07 Å². The Labute approximate surface area is 101 Å². The normalized spacial score (nSPS) is 16.5. The largest absolute Gasteiger partial charge is 0.368 e. The van der Waals surface area contributed by atoms with Gasteiger partial charge in [0.2, 0.25) is 5.88 Å². The van der Waals surface area contributed by atoms with Crippen LogP contribution in [0.15, 0.2) is 34.9 Å². The molecule has 2 N–H and O–H groups in total. The van der Waals surface area contributed by atoms with Gasteiger partial charge in [0.25, 0.3) is 0 Å². The fraction of sp³-hybridized carbons (Fsp3) is 0.357. The molecule has 1 saturated carbocycles. The Morgan fingerprint density at radius 2 is 1.94 bits per heavy atom. The van der Waals surface area contributed by atoms with Crippen LogP contribution in [0.4, 0.5) is 5.88 Å². The van der Waals surface area contributed by atoms with E-state index in [4.69, 9.17) is 10.3 Å². The molecule has 0 radical (unpaired) electrons. The van der Waals surface area contributed by atoms with Crippen LogP contribution >= 0.6 is 0 Å². The summed E-state index contributed by atoms with van der Waals surface area (Å²) in [7, 11) is 0. The minimum atomic E-state index is 0.376. The highest BCUT2D eigenvalue weighted by atomic mass is 16.5. The summed E-state index contributed by atoms with van der Waals surface area (Å²) in [5, 5.41) is 4.02. The van der Waals surface area contributed by atoms with Crippen molar-refractivity contribution in [1.82, 2.24) is 5.16 Å². The number of nitrogens with two attached hydrogens (primary N) is 1. The van der Waals surface area contributed by atoms with Crippen LogP contribution in [0.5, 0.6) is 0 Å². The van der Waals surface area contributed by atoms with Crippen molar-refractivity contribution in [2.45, 2.75) is 31.6 Å². The van der Waals surface area contributed by atoms with Gasteiger partial charge in [0.1, 0.15) is 5.69 Å². The SMILES string of the molecule is Nc1cc(-c2ccccc2C2CCCC2)no1. The second-order valence-corrected chi connectivity index (χ2v) is 4.68. The molecule has 0 amide bonds. The van der Waals surface area contributed by atoms with Crippen molar-refractivity contribution in [2.75, 3.05) is 5.73 Å². The van der Waals surface area contributed by atoms with E-state index in [0.29, 0.717) is 11.8 Å². The molecule has 88 valence electrons. The van der Waals surface area contributed by atoms with E-state index in [-0.39, 0.29) is 0 Å². The summed E-state index contributed by atoms with van der Waals surface area (Å²) in [6.45, 7) is 0. The third-order valence-corrected chi connectivity index (χ3v) is 3.56. The molecule has 3 nitrogen and oxygen atoms in total. The maximum Gasteiger partial charge on any atom is 0.222 e. The minimum Gasteiger partial charge on any atom is -0.368 e. The number of nitrogens with zero attached hydrogens (tertiary/aromatic N) is 1. The summed E-state index contributed by atoms with van der Waals surface area (Å²) in [5.74, 6) is 1.05. The van der Waals surface area contributed by atoms with E-state index in [9.17, 15) is 0 Å². The predicted molar refractivity (Wildman–Crippen MR) is 67.6 cm³/mol. The Bertz CT molecular complexity index is 512. The smallest absolute Gasteiger partial charge is 0.222 e. The van der Waals surface area contributed by atoms with Crippen LogP contribution in [0.2, 0.25) is 0 Å². The second-order valence-electron chi connectivity index (χ2n) is 4.68. The molecule has 1 heterocycles. The van der Waals surface area contributed by atoms with Crippen molar-refractivity contribution in [1.29, 1.82) is 0 Å². The first-order valence-electron chi connectivity index (χ1n) is 6.16. The number of hydrogen-bond donors (Lipinski definition) is 1. The van der Waals surface area contributed by atoms with Crippen molar-refractivity contribution in [3.8, 4) is 11.3 Å². The van der Waals surface area contributed by atoms with Crippen LogP contribution in [0.1, 0.15) is 37.2 Å². The summed E-state index contributed by atoms with van der Waals surface area (Å²) in [6, 6.07) is 10.2. The molecule has 0 saturated heterocycles. The molecular formula is C14H16N2O. The third-order valence-electron chi connectivity index (χ3n) is 3.56.